The van der Waals surface area contributed by atoms with Crippen molar-refractivity contribution in [1.29, 1.82) is 0 Å². The number of carbonyl (C=O) groups is 1. The van der Waals surface area contributed by atoms with Crippen LogP contribution >= 0.6 is 11.3 Å². The molecule has 0 aliphatic heterocycles. The topological polar surface area (TPSA) is 100.0 Å². The van der Waals surface area contributed by atoms with Crippen LogP contribution in [0.2, 0.25) is 0 Å². The van der Waals surface area contributed by atoms with Gasteiger partial charge in [-0.3, -0.25) is 5.32 Å². The first kappa shape index (κ1) is 15.1. The molecule has 0 saturated heterocycles. The van der Waals surface area contributed by atoms with E-state index in [9.17, 15) is 4.79 Å². The second-order valence-corrected chi connectivity index (χ2v) is 6.47. The molecule has 0 radical (unpaired) electrons. The van der Waals surface area contributed by atoms with E-state index < -0.39 is 11.7 Å². The van der Waals surface area contributed by atoms with Gasteiger partial charge in [0, 0.05) is 26.1 Å². The Hall–Kier alpha value is -2.31. The van der Waals surface area contributed by atoms with Crippen molar-refractivity contribution in [3.63, 3.8) is 0 Å². The van der Waals surface area contributed by atoms with Crippen molar-refractivity contribution in [2.75, 3.05) is 5.32 Å². The normalized spacial score (nSPS) is 11.0. The third-order valence-electron chi connectivity index (χ3n) is 2.41. The van der Waals surface area contributed by atoms with Crippen LogP contribution in [0.1, 0.15) is 25.6 Å². The standard InChI is InChI=1S/C13H15N5O2S/c1-13(2,3)20-12(19)17-11-9-6-8(7-16-18-14)21-10(9)4-5-15-11/h4-6H,7H2,1-3H3,(H,15,17,19). The molecule has 0 aliphatic rings. The lowest BCUT2D eigenvalue weighted by atomic mass is 10.2. The number of amides is 1. The number of nitrogens with zero attached hydrogens (tertiary/aromatic N) is 4. The van der Waals surface area contributed by atoms with E-state index in [1.807, 2.05) is 12.1 Å². The minimum Gasteiger partial charge on any atom is -0.444 e. The molecule has 2 heterocycles. The summed E-state index contributed by atoms with van der Waals surface area (Å²) in [4.78, 5) is 19.6. The van der Waals surface area contributed by atoms with Gasteiger partial charge in [0.1, 0.15) is 11.4 Å². The highest BCUT2D eigenvalue weighted by molar-refractivity contribution is 7.19. The summed E-state index contributed by atoms with van der Waals surface area (Å²) in [5.74, 6) is 0.435. The van der Waals surface area contributed by atoms with Crippen molar-refractivity contribution in [1.82, 2.24) is 4.98 Å². The maximum Gasteiger partial charge on any atom is 0.413 e. The number of rotatable bonds is 3. The molecule has 0 atom stereocenters. The van der Waals surface area contributed by atoms with Crippen LogP contribution in [-0.2, 0) is 11.3 Å². The number of azide groups is 1. The van der Waals surface area contributed by atoms with Crippen LogP contribution in [0.4, 0.5) is 10.6 Å². The van der Waals surface area contributed by atoms with Crippen LogP contribution in [0, 0.1) is 0 Å². The molecule has 110 valence electrons. The van der Waals surface area contributed by atoms with Gasteiger partial charge >= 0.3 is 6.09 Å². The van der Waals surface area contributed by atoms with Crippen LogP contribution in [-0.4, -0.2) is 16.7 Å². The van der Waals surface area contributed by atoms with Crippen molar-refractivity contribution in [2.24, 2.45) is 5.11 Å². The number of anilines is 1. The number of pyridine rings is 1. The van der Waals surface area contributed by atoms with Gasteiger partial charge in [-0.25, -0.2) is 9.78 Å². The van der Waals surface area contributed by atoms with Gasteiger partial charge in [-0.05, 0) is 38.4 Å². The molecule has 2 aromatic rings. The highest BCUT2D eigenvalue weighted by Gasteiger charge is 2.17. The Bertz CT molecular complexity index is 713. The number of hydrogen-bond acceptors (Lipinski definition) is 5. The Morgan fingerprint density at radius 3 is 3.00 bits per heavy atom. The monoisotopic (exact) mass is 305 g/mol. The van der Waals surface area contributed by atoms with Crippen LogP contribution in [0.15, 0.2) is 23.4 Å². The zero-order valence-electron chi connectivity index (χ0n) is 12.0. The molecule has 0 fully saturated rings. The van der Waals surface area contributed by atoms with Gasteiger partial charge in [0.05, 0.1) is 6.54 Å². The maximum atomic E-state index is 11.8. The summed E-state index contributed by atoms with van der Waals surface area (Å²) >= 11 is 1.49. The van der Waals surface area contributed by atoms with Gasteiger partial charge in [-0.1, -0.05) is 5.11 Å². The van der Waals surface area contributed by atoms with Gasteiger partial charge in [-0.15, -0.1) is 11.3 Å². The smallest absolute Gasteiger partial charge is 0.413 e. The van der Waals surface area contributed by atoms with Crippen molar-refractivity contribution in [3.8, 4) is 0 Å². The van der Waals surface area contributed by atoms with Crippen LogP contribution in [0.25, 0.3) is 20.5 Å². The molecule has 21 heavy (non-hydrogen) atoms. The number of hydrogen-bond donors (Lipinski definition) is 1. The molecule has 7 nitrogen and oxygen atoms in total. The van der Waals surface area contributed by atoms with Crippen LogP contribution < -0.4 is 5.32 Å². The predicted octanol–water partition coefficient (Wildman–Crippen LogP) is 4.45. The zero-order chi connectivity index (χ0) is 15.5. The molecular weight excluding hydrogens is 290 g/mol. The largest absolute Gasteiger partial charge is 0.444 e. The Kier molecular flexibility index (Phi) is 4.30. The Morgan fingerprint density at radius 2 is 2.33 bits per heavy atom. The second kappa shape index (κ2) is 5.99. The highest BCUT2D eigenvalue weighted by Crippen LogP contribution is 2.30. The summed E-state index contributed by atoms with van der Waals surface area (Å²) in [6, 6.07) is 3.70. The lowest BCUT2D eigenvalue weighted by Gasteiger charge is -2.19. The summed E-state index contributed by atoms with van der Waals surface area (Å²) in [5, 5.41) is 6.98. The lowest BCUT2D eigenvalue weighted by Crippen LogP contribution is -2.27. The summed E-state index contributed by atoms with van der Waals surface area (Å²) in [6.45, 7) is 5.66. The van der Waals surface area contributed by atoms with E-state index in [2.05, 4.69) is 20.3 Å². The highest BCUT2D eigenvalue weighted by atomic mass is 32.1. The third-order valence-corrected chi connectivity index (χ3v) is 3.49. The zero-order valence-corrected chi connectivity index (χ0v) is 12.8. The number of carbonyl (C=O) groups excluding carboxylic acids is 1. The molecule has 8 heteroatoms. The predicted molar refractivity (Wildman–Crippen MR) is 82.3 cm³/mol. The summed E-state index contributed by atoms with van der Waals surface area (Å²) in [5.41, 5.74) is 7.79. The number of nitrogens with one attached hydrogen (secondary N) is 1. The Morgan fingerprint density at radius 1 is 1.57 bits per heavy atom. The lowest BCUT2D eigenvalue weighted by molar-refractivity contribution is 0.0635. The SMILES string of the molecule is CC(C)(C)OC(=O)Nc1nccc2sc(CN=[N+]=[N-])cc12. The molecule has 0 spiro atoms. The fourth-order valence-electron chi connectivity index (χ4n) is 1.69. The molecule has 2 rings (SSSR count). The van der Waals surface area contributed by atoms with Crippen molar-refractivity contribution in [3.05, 3.63) is 33.6 Å². The van der Waals surface area contributed by atoms with Crippen molar-refractivity contribution < 1.29 is 9.53 Å². The fraction of sp³-hybridized carbons (Fsp3) is 0.385. The Balaban J connectivity index is 2.25. The summed E-state index contributed by atoms with van der Waals surface area (Å²) in [7, 11) is 0. The van der Waals surface area contributed by atoms with E-state index in [-0.39, 0.29) is 6.54 Å². The van der Waals surface area contributed by atoms with E-state index in [0.29, 0.717) is 5.82 Å². The van der Waals surface area contributed by atoms with Crippen molar-refractivity contribution >= 4 is 33.3 Å². The van der Waals surface area contributed by atoms with Gasteiger partial charge in [0.2, 0.25) is 0 Å². The van der Waals surface area contributed by atoms with Crippen LogP contribution in [0.3, 0.4) is 0 Å². The molecule has 0 unspecified atom stereocenters. The van der Waals surface area contributed by atoms with E-state index in [1.54, 1.807) is 27.0 Å². The summed E-state index contributed by atoms with van der Waals surface area (Å²) < 4.78 is 6.17. The minimum atomic E-state index is -0.570. The first-order valence-corrected chi connectivity index (χ1v) is 7.09. The molecule has 1 N–H and O–H groups in total. The first-order chi connectivity index (χ1) is 9.89. The average Bonchev–Trinajstić information content (AvgIpc) is 2.78. The Labute approximate surface area is 125 Å². The molecule has 2 aromatic heterocycles. The first-order valence-electron chi connectivity index (χ1n) is 6.27. The number of thiophene rings is 1. The van der Waals surface area contributed by atoms with Gasteiger partial charge in [0.15, 0.2) is 0 Å². The molecule has 0 aromatic carbocycles. The van der Waals surface area contributed by atoms with Crippen molar-refractivity contribution in [2.45, 2.75) is 32.9 Å². The van der Waals surface area contributed by atoms with E-state index in [1.165, 1.54) is 11.3 Å². The molecular formula is C13H15N5O2S. The second-order valence-electron chi connectivity index (χ2n) is 5.30. The van der Waals surface area contributed by atoms with Gasteiger partial charge in [0.25, 0.3) is 0 Å². The van der Waals surface area contributed by atoms with Gasteiger partial charge in [-0.2, -0.15) is 0 Å². The summed E-state index contributed by atoms with van der Waals surface area (Å²) in [6.07, 6.45) is 1.06. The molecule has 1 amide bonds. The molecule has 0 saturated carbocycles. The van der Waals surface area contributed by atoms with E-state index in [0.717, 1.165) is 15.0 Å². The molecule has 0 bridgehead atoms. The quantitative estimate of drug-likeness (QED) is 0.515. The average molecular weight is 305 g/mol. The molecule has 0 aliphatic carbocycles. The maximum absolute atomic E-state index is 11.8. The number of fused-ring (bicyclic) bond motifs is 1. The number of ether oxygens (including phenoxy) is 1. The minimum absolute atomic E-state index is 0.279. The third kappa shape index (κ3) is 4.08. The van der Waals surface area contributed by atoms with Gasteiger partial charge < -0.3 is 4.74 Å². The van der Waals surface area contributed by atoms with E-state index >= 15 is 0 Å². The number of aromatic nitrogens is 1. The van der Waals surface area contributed by atoms with Crippen LogP contribution in [0.5, 0.6) is 0 Å². The van der Waals surface area contributed by atoms with E-state index in [4.69, 9.17) is 10.3 Å². The fourth-order valence-corrected chi connectivity index (χ4v) is 2.67.